The van der Waals surface area contributed by atoms with Gasteiger partial charge in [-0.2, -0.15) is 0 Å². The van der Waals surface area contributed by atoms with E-state index < -0.39 is 0 Å². The Balaban J connectivity index is 1.71. The summed E-state index contributed by atoms with van der Waals surface area (Å²) in [5.41, 5.74) is 2.94. The molecule has 2 heteroatoms. The Morgan fingerprint density at radius 3 is 2.80 bits per heavy atom. The van der Waals surface area contributed by atoms with Gasteiger partial charge in [0.2, 0.25) is 0 Å². The van der Waals surface area contributed by atoms with Crippen molar-refractivity contribution in [2.75, 3.05) is 6.54 Å². The van der Waals surface area contributed by atoms with Gasteiger partial charge in [0.05, 0.1) is 6.10 Å². The molecule has 0 bridgehead atoms. The Kier molecular flexibility index (Phi) is 4.62. The fourth-order valence-corrected chi connectivity index (χ4v) is 3.62. The number of hydrogen-bond acceptors (Lipinski definition) is 2. The normalized spacial score (nSPS) is 22.8. The Morgan fingerprint density at radius 1 is 1.15 bits per heavy atom. The van der Waals surface area contributed by atoms with Crippen molar-refractivity contribution in [2.45, 2.75) is 70.4 Å². The van der Waals surface area contributed by atoms with Crippen molar-refractivity contribution in [3.8, 4) is 5.75 Å². The first-order valence-corrected chi connectivity index (χ1v) is 8.40. The van der Waals surface area contributed by atoms with Crippen LogP contribution in [-0.4, -0.2) is 12.6 Å². The van der Waals surface area contributed by atoms with E-state index in [9.17, 15) is 0 Å². The Labute approximate surface area is 122 Å². The van der Waals surface area contributed by atoms with Crippen LogP contribution in [0.3, 0.4) is 0 Å². The first-order chi connectivity index (χ1) is 9.88. The van der Waals surface area contributed by atoms with Crippen molar-refractivity contribution in [2.24, 2.45) is 0 Å². The summed E-state index contributed by atoms with van der Waals surface area (Å²) in [6.45, 7) is 3.34. The van der Waals surface area contributed by atoms with Crippen LogP contribution in [0.5, 0.6) is 5.75 Å². The van der Waals surface area contributed by atoms with E-state index >= 15 is 0 Å². The molecule has 1 N–H and O–H groups in total. The van der Waals surface area contributed by atoms with Gasteiger partial charge in [-0.05, 0) is 68.7 Å². The van der Waals surface area contributed by atoms with E-state index in [0.29, 0.717) is 12.1 Å². The maximum Gasteiger partial charge on any atom is 0.123 e. The third kappa shape index (κ3) is 3.01. The lowest BCUT2D eigenvalue weighted by Crippen LogP contribution is -2.21. The number of benzene rings is 1. The van der Waals surface area contributed by atoms with Gasteiger partial charge in [-0.3, -0.25) is 0 Å². The molecule has 3 rings (SSSR count). The molecule has 1 aromatic carbocycles. The van der Waals surface area contributed by atoms with Gasteiger partial charge in [0, 0.05) is 6.04 Å². The highest BCUT2D eigenvalue weighted by Crippen LogP contribution is 2.38. The van der Waals surface area contributed by atoms with E-state index in [-0.39, 0.29) is 0 Å². The van der Waals surface area contributed by atoms with Crippen LogP contribution < -0.4 is 10.1 Å². The summed E-state index contributed by atoms with van der Waals surface area (Å²) in [5, 5.41) is 3.66. The molecule has 2 nitrogen and oxygen atoms in total. The fraction of sp³-hybridized carbons (Fsp3) is 0.667. The van der Waals surface area contributed by atoms with Gasteiger partial charge < -0.3 is 10.1 Å². The summed E-state index contributed by atoms with van der Waals surface area (Å²) < 4.78 is 6.32. The minimum absolute atomic E-state index is 0.456. The van der Waals surface area contributed by atoms with E-state index in [1.165, 1.54) is 62.5 Å². The SMILES string of the molecule is CCCNC1CCc2c(OC3CCCCC3)cccc21. The van der Waals surface area contributed by atoms with Crippen molar-refractivity contribution in [1.29, 1.82) is 0 Å². The van der Waals surface area contributed by atoms with Crippen molar-refractivity contribution >= 4 is 0 Å². The van der Waals surface area contributed by atoms with E-state index in [1.54, 1.807) is 0 Å². The van der Waals surface area contributed by atoms with Gasteiger partial charge >= 0.3 is 0 Å². The molecule has 1 saturated carbocycles. The highest BCUT2D eigenvalue weighted by molar-refractivity contribution is 5.45. The Hall–Kier alpha value is -1.02. The van der Waals surface area contributed by atoms with E-state index in [2.05, 4.69) is 30.4 Å². The molecule has 1 unspecified atom stereocenters. The Bertz CT molecular complexity index is 437. The molecule has 0 saturated heterocycles. The summed E-state index contributed by atoms with van der Waals surface area (Å²) in [4.78, 5) is 0. The molecular formula is C18H27NO. The summed E-state index contributed by atoms with van der Waals surface area (Å²) in [7, 11) is 0. The summed E-state index contributed by atoms with van der Waals surface area (Å²) in [6, 6.07) is 7.17. The van der Waals surface area contributed by atoms with Gasteiger partial charge in [0.1, 0.15) is 5.75 Å². The largest absolute Gasteiger partial charge is 0.490 e. The number of hydrogen-bond donors (Lipinski definition) is 1. The van der Waals surface area contributed by atoms with Crippen LogP contribution in [0.2, 0.25) is 0 Å². The van der Waals surface area contributed by atoms with Crippen LogP contribution in [0.25, 0.3) is 0 Å². The van der Waals surface area contributed by atoms with Crippen LogP contribution in [-0.2, 0) is 6.42 Å². The van der Waals surface area contributed by atoms with Crippen LogP contribution in [0.1, 0.15) is 69.0 Å². The highest BCUT2D eigenvalue weighted by atomic mass is 16.5. The van der Waals surface area contributed by atoms with Crippen molar-refractivity contribution in [3.05, 3.63) is 29.3 Å². The molecule has 1 fully saturated rings. The summed E-state index contributed by atoms with van der Waals surface area (Å²) in [5.74, 6) is 1.16. The maximum atomic E-state index is 6.32. The van der Waals surface area contributed by atoms with Gasteiger partial charge in [-0.1, -0.05) is 25.5 Å². The molecule has 0 aliphatic heterocycles. The predicted octanol–water partition coefficient (Wildman–Crippen LogP) is 4.39. The van der Waals surface area contributed by atoms with Crippen LogP contribution in [0.4, 0.5) is 0 Å². The number of rotatable bonds is 5. The number of fused-ring (bicyclic) bond motifs is 1. The van der Waals surface area contributed by atoms with Gasteiger partial charge in [-0.15, -0.1) is 0 Å². The zero-order valence-electron chi connectivity index (χ0n) is 12.7. The van der Waals surface area contributed by atoms with Gasteiger partial charge in [0.15, 0.2) is 0 Å². The van der Waals surface area contributed by atoms with Crippen LogP contribution >= 0.6 is 0 Å². The molecule has 0 spiro atoms. The number of nitrogens with one attached hydrogen (secondary N) is 1. The number of ether oxygens (including phenoxy) is 1. The zero-order valence-corrected chi connectivity index (χ0v) is 12.7. The zero-order chi connectivity index (χ0) is 13.8. The minimum atomic E-state index is 0.456. The maximum absolute atomic E-state index is 6.32. The van der Waals surface area contributed by atoms with E-state index in [1.807, 2.05) is 0 Å². The average Bonchev–Trinajstić information content (AvgIpc) is 2.90. The van der Waals surface area contributed by atoms with Crippen molar-refractivity contribution < 1.29 is 4.74 Å². The molecule has 110 valence electrons. The lowest BCUT2D eigenvalue weighted by molar-refractivity contribution is 0.153. The van der Waals surface area contributed by atoms with E-state index in [0.717, 1.165) is 12.3 Å². The second kappa shape index (κ2) is 6.62. The second-order valence-electron chi connectivity index (χ2n) is 6.25. The topological polar surface area (TPSA) is 21.3 Å². The molecule has 2 aliphatic rings. The first-order valence-electron chi connectivity index (χ1n) is 8.40. The second-order valence-corrected chi connectivity index (χ2v) is 6.25. The Morgan fingerprint density at radius 2 is 2.00 bits per heavy atom. The van der Waals surface area contributed by atoms with E-state index in [4.69, 9.17) is 4.74 Å². The predicted molar refractivity (Wildman–Crippen MR) is 83.3 cm³/mol. The monoisotopic (exact) mass is 273 g/mol. The molecule has 0 heterocycles. The first kappa shape index (κ1) is 13.9. The standard InChI is InChI=1S/C18H27NO/c1-2-13-19-17-12-11-16-15(17)9-6-10-18(16)20-14-7-4-3-5-8-14/h6,9-10,14,17,19H,2-5,7-8,11-13H2,1H3. The molecule has 0 aromatic heterocycles. The summed E-state index contributed by atoms with van der Waals surface area (Å²) in [6.07, 6.45) is 10.6. The quantitative estimate of drug-likeness (QED) is 0.859. The molecule has 0 radical (unpaired) electrons. The molecule has 1 aromatic rings. The van der Waals surface area contributed by atoms with Crippen molar-refractivity contribution in [3.63, 3.8) is 0 Å². The van der Waals surface area contributed by atoms with Crippen molar-refractivity contribution in [1.82, 2.24) is 5.32 Å². The molecule has 0 amide bonds. The molecule has 1 atom stereocenters. The minimum Gasteiger partial charge on any atom is -0.490 e. The highest BCUT2D eigenvalue weighted by Gasteiger charge is 2.26. The van der Waals surface area contributed by atoms with Crippen LogP contribution in [0.15, 0.2) is 18.2 Å². The van der Waals surface area contributed by atoms with Gasteiger partial charge in [-0.25, -0.2) is 0 Å². The third-order valence-electron chi connectivity index (χ3n) is 4.71. The van der Waals surface area contributed by atoms with Crippen LogP contribution in [0, 0.1) is 0 Å². The molecular weight excluding hydrogens is 246 g/mol. The average molecular weight is 273 g/mol. The lowest BCUT2D eigenvalue weighted by Gasteiger charge is -2.24. The molecule has 20 heavy (non-hydrogen) atoms. The third-order valence-corrected chi connectivity index (χ3v) is 4.71. The van der Waals surface area contributed by atoms with Gasteiger partial charge in [0.25, 0.3) is 0 Å². The lowest BCUT2D eigenvalue weighted by atomic mass is 9.97. The smallest absolute Gasteiger partial charge is 0.123 e. The molecule has 2 aliphatic carbocycles. The fourth-order valence-electron chi connectivity index (χ4n) is 3.62. The summed E-state index contributed by atoms with van der Waals surface area (Å²) >= 11 is 0.